The van der Waals surface area contributed by atoms with Gasteiger partial charge >= 0.3 is 0 Å². The predicted molar refractivity (Wildman–Crippen MR) is 154 cm³/mol. The van der Waals surface area contributed by atoms with E-state index in [1.54, 1.807) is 12.0 Å². The van der Waals surface area contributed by atoms with E-state index in [2.05, 4.69) is 31.2 Å². The van der Waals surface area contributed by atoms with Gasteiger partial charge in [-0.2, -0.15) is 0 Å². The third kappa shape index (κ3) is 6.18. The van der Waals surface area contributed by atoms with Gasteiger partial charge in [0, 0.05) is 51.9 Å². The number of rotatable bonds is 4. The van der Waals surface area contributed by atoms with E-state index in [-0.39, 0.29) is 31.8 Å². The molecule has 42 heavy (non-hydrogen) atoms. The van der Waals surface area contributed by atoms with Gasteiger partial charge in [-0.3, -0.25) is 14.4 Å². The Morgan fingerprint density at radius 3 is 2.60 bits per heavy atom. The summed E-state index contributed by atoms with van der Waals surface area (Å²) in [5.74, 6) is -3.80. The van der Waals surface area contributed by atoms with Crippen molar-refractivity contribution in [3.05, 3.63) is 63.1 Å². The summed E-state index contributed by atoms with van der Waals surface area (Å²) in [7, 11) is 1.73. The molecule has 3 atom stereocenters. The molecule has 5 rings (SSSR count). The number of carbonyl (C=O) groups excluding carboxylic acids is 2. The number of nitrogens with zero attached hydrogens (tertiary/aromatic N) is 3. The quantitative estimate of drug-likeness (QED) is 0.544. The van der Waals surface area contributed by atoms with E-state index in [0.29, 0.717) is 30.7 Å². The summed E-state index contributed by atoms with van der Waals surface area (Å²) < 4.78 is 33.5. The first-order valence-corrected chi connectivity index (χ1v) is 13.9. The number of nitrogens with one attached hydrogen (secondary N) is 1. The molecule has 1 fully saturated rings. The fourth-order valence-corrected chi connectivity index (χ4v) is 5.66. The van der Waals surface area contributed by atoms with Crippen molar-refractivity contribution in [1.29, 1.82) is 0 Å². The number of methoxy groups -OCH3 is 1. The van der Waals surface area contributed by atoms with Crippen LogP contribution in [0.15, 0.2) is 34.3 Å². The molecule has 1 aromatic heterocycles. The van der Waals surface area contributed by atoms with E-state index < -0.39 is 51.8 Å². The summed E-state index contributed by atoms with van der Waals surface area (Å²) in [5.41, 5.74) is -1.27. The van der Waals surface area contributed by atoms with Crippen molar-refractivity contribution in [2.45, 2.75) is 78.1 Å². The molecule has 0 unspecified atom stereocenters. The van der Waals surface area contributed by atoms with Crippen LogP contribution in [0.3, 0.4) is 0 Å². The summed E-state index contributed by atoms with van der Waals surface area (Å²) in [6.45, 7) is 11.0. The van der Waals surface area contributed by atoms with Gasteiger partial charge in [0.25, 0.3) is 11.8 Å². The molecule has 2 aromatic rings. The summed E-state index contributed by atoms with van der Waals surface area (Å²) in [5, 5.41) is 17.3. The molecule has 2 amide bonds. The SMILES string of the molecule is CC1=NO[C@@]2(CC[C@H](C)N3C[C@H]2n2cc(C(=O)NCc4ccc(F)cc4F)c(=O)c(O)c2C3=O)C1.COCC(C)(C)C.[HH]. The number of hydrogen-bond acceptors (Lipinski definition) is 7. The molecule has 2 N–H and O–H groups in total. The number of aromatic hydroxyl groups is 1. The molecule has 3 aliphatic rings. The van der Waals surface area contributed by atoms with Gasteiger partial charge in [0.1, 0.15) is 17.2 Å². The molecule has 0 aliphatic carbocycles. The Hall–Kier alpha value is -3.80. The van der Waals surface area contributed by atoms with Crippen LogP contribution in [0.5, 0.6) is 5.75 Å². The van der Waals surface area contributed by atoms with Gasteiger partial charge in [0.2, 0.25) is 5.43 Å². The van der Waals surface area contributed by atoms with Crippen molar-refractivity contribution >= 4 is 17.5 Å². The van der Waals surface area contributed by atoms with Crippen LogP contribution in [-0.2, 0) is 16.1 Å². The first-order chi connectivity index (χ1) is 19.7. The van der Waals surface area contributed by atoms with Crippen molar-refractivity contribution in [3.63, 3.8) is 0 Å². The van der Waals surface area contributed by atoms with Crippen LogP contribution in [0.4, 0.5) is 8.78 Å². The molecule has 1 aromatic carbocycles. The van der Waals surface area contributed by atoms with E-state index in [1.807, 2.05) is 13.8 Å². The highest BCUT2D eigenvalue weighted by Crippen LogP contribution is 2.46. The Morgan fingerprint density at radius 1 is 1.31 bits per heavy atom. The second kappa shape index (κ2) is 11.8. The molecular weight excluding hydrogens is 550 g/mol. The number of aromatic nitrogens is 1. The maximum absolute atomic E-state index is 14.0. The fraction of sp³-hybridized carbons (Fsp3) is 0.533. The molecule has 2 bridgehead atoms. The number of ether oxygens (including phenoxy) is 1. The monoisotopic (exact) mass is 590 g/mol. The summed E-state index contributed by atoms with van der Waals surface area (Å²) in [4.78, 5) is 46.6. The van der Waals surface area contributed by atoms with Crippen molar-refractivity contribution in [3.8, 4) is 5.75 Å². The Balaban J connectivity index is 0.000000567. The molecule has 230 valence electrons. The zero-order valence-corrected chi connectivity index (χ0v) is 24.8. The number of oxime groups is 1. The van der Waals surface area contributed by atoms with Gasteiger partial charge in [-0.05, 0) is 38.2 Å². The van der Waals surface area contributed by atoms with E-state index in [9.17, 15) is 28.3 Å². The fourth-order valence-electron chi connectivity index (χ4n) is 5.66. The van der Waals surface area contributed by atoms with Gasteiger partial charge < -0.3 is 29.5 Å². The van der Waals surface area contributed by atoms with Crippen LogP contribution in [0, 0.1) is 17.0 Å². The Morgan fingerprint density at radius 2 is 2.02 bits per heavy atom. The van der Waals surface area contributed by atoms with E-state index in [1.165, 1.54) is 16.8 Å². The molecule has 0 saturated carbocycles. The zero-order chi connectivity index (χ0) is 31.0. The van der Waals surface area contributed by atoms with Crippen LogP contribution in [0.2, 0.25) is 0 Å². The number of pyridine rings is 1. The molecular formula is C30H40F2N4O6. The third-order valence-corrected chi connectivity index (χ3v) is 7.72. The van der Waals surface area contributed by atoms with Crippen LogP contribution in [-0.4, -0.2) is 64.0 Å². The van der Waals surface area contributed by atoms with Crippen LogP contribution < -0.4 is 10.7 Å². The summed E-state index contributed by atoms with van der Waals surface area (Å²) >= 11 is 0. The largest absolute Gasteiger partial charge is 0.503 e. The molecule has 10 nitrogen and oxygen atoms in total. The topological polar surface area (TPSA) is 122 Å². The van der Waals surface area contributed by atoms with Crippen LogP contribution >= 0.6 is 0 Å². The van der Waals surface area contributed by atoms with E-state index in [0.717, 1.165) is 18.4 Å². The molecule has 3 aliphatic heterocycles. The lowest BCUT2D eigenvalue weighted by atomic mass is 9.84. The highest BCUT2D eigenvalue weighted by Gasteiger charge is 2.53. The second-order valence-corrected chi connectivity index (χ2v) is 12.4. The average Bonchev–Trinajstić information content (AvgIpc) is 3.24. The molecule has 0 radical (unpaired) electrons. The highest BCUT2D eigenvalue weighted by atomic mass is 19.1. The first kappa shape index (κ1) is 31.1. The minimum atomic E-state index is -1.01. The van der Waals surface area contributed by atoms with Crippen molar-refractivity contribution < 1.29 is 34.5 Å². The van der Waals surface area contributed by atoms with Crippen molar-refractivity contribution in [1.82, 2.24) is 14.8 Å². The molecule has 4 heterocycles. The maximum Gasteiger partial charge on any atom is 0.274 e. The van der Waals surface area contributed by atoms with Gasteiger partial charge in [-0.15, -0.1) is 0 Å². The zero-order valence-electron chi connectivity index (χ0n) is 24.8. The number of hydrogen-bond donors (Lipinski definition) is 2. The van der Waals surface area contributed by atoms with Crippen LogP contribution in [0.25, 0.3) is 0 Å². The van der Waals surface area contributed by atoms with E-state index >= 15 is 0 Å². The number of benzene rings is 1. The van der Waals surface area contributed by atoms with E-state index in [4.69, 9.17) is 9.57 Å². The highest BCUT2D eigenvalue weighted by molar-refractivity contribution is 5.99. The second-order valence-electron chi connectivity index (χ2n) is 12.4. The number of fused-ring (bicyclic) bond motifs is 5. The lowest BCUT2D eigenvalue weighted by molar-refractivity contribution is -0.0655. The Labute approximate surface area is 244 Å². The molecule has 1 spiro atoms. The van der Waals surface area contributed by atoms with Crippen molar-refractivity contribution in [2.24, 2.45) is 10.6 Å². The summed E-state index contributed by atoms with van der Waals surface area (Å²) in [6, 6.07) is 2.28. The lowest BCUT2D eigenvalue weighted by Gasteiger charge is -2.41. The number of amides is 2. The van der Waals surface area contributed by atoms with Crippen molar-refractivity contribution in [2.75, 3.05) is 20.3 Å². The first-order valence-electron chi connectivity index (χ1n) is 13.9. The van der Waals surface area contributed by atoms with Gasteiger partial charge in [-0.25, -0.2) is 8.78 Å². The Kier molecular flexibility index (Phi) is 8.77. The van der Waals surface area contributed by atoms with Gasteiger partial charge in [-0.1, -0.05) is 32.0 Å². The normalized spacial score (nSPS) is 22.9. The van der Waals surface area contributed by atoms with Gasteiger partial charge in [0.15, 0.2) is 17.0 Å². The average molecular weight is 591 g/mol. The minimum Gasteiger partial charge on any atom is -0.503 e. The smallest absolute Gasteiger partial charge is 0.274 e. The maximum atomic E-state index is 14.0. The summed E-state index contributed by atoms with van der Waals surface area (Å²) in [6.07, 6.45) is 2.98. The number of carbonyl (C=O) groups is 2. The standard InChI is InChI=1S/C24H24F2N4O5.C6H14O.H2/c1-12-8-24(35-28-12)6-5-13(2)29-11-18(24)30-10-16(20(31)21(32)19(30)23(29)34)22(33)27-9-14-3-4-15(25)7-17(14)26;1-6(2,3)5-7-4;/h3-4,7,10,13,18,32H,5-6,8-9,11H2,1-2H3,(H,27,33);5H2,1-4H3;1H/t13-,18+,24-;;/m0../s1. The molecule has 1 saturated heterocycles. The van der Waals surface area contributed by atoms with Gasteiger partial charge in [0.05, 0.1) is 18.4 Å². The number of halogens is 2. The Bertz CT molecular complexity index is 1470. The minimum absolute atomic E-state index is 0. The molecule has 12 heteroatoms. The lowest BCUT2D eigenvalue weighted by Crippen LogP contribution is -2.52. The predicted octanol–water partition coefficient (Wildman–Crippen LogP) is 4.40. The third-order valence-electron chi connectivity index (χ3n) is 7.72. The van der Waals surface area contributed by atoms with Crippen LogP contribution in [0.1, 0.15) is 87.8 Å².